The fourth-order valence-electron chi connectivity index (χ4n) is 1.37. The maximum atomic E-state index is 10.8. The van der Waals surface area contributed by atoms with Crippen LogP contribution in [0.25, 0.3) is 0 Å². The van der Waals surface area contributed by atoms with Gasteiger partial charge >= 0.3 is 0 Å². The standard InChI is InChI=1S/C12H10N2O5S/c15-11-6-3-9(7-12(11)16)14-13-8-1-4-10(5-2-8)20(17,18)19/h1-7,15-16H,(H,17,18,19). The summed E-state index contributed by atoms with van der Waals surface area (Å²) in [6, 6.07) is 9.07. The zero-order valence-corrected chi connectivity index (χ0v) is 10.8. The Morgan fingerprint density at radius 2 is 1.35 bits per heavy atom. The summed E-state index contributed by atoms with van der Waals surface area (Å²) in [4.78, 5) is -0.237. The largest absolute Gasteiger partial charge is 0.504 e. The predicted octanol–water partition coefficient (Wildman–Crippen LogP) is 2.76. The Bertz CT molecular complexity index is 754. The van der Waals surface area contributed by atoms with Gasteiger partial charge in [0, 0.05) is 6.07 Å². The molecule has 3 N–H and O–H groups in total. The summed E-state index contributed by atoms with van der Waals surface area (Å²) >= 11 is 0. The SMILES string of the molecule is O=S(=O)(O)c1ccc(N=Nc2ccc(O)c(O)c2)cc1. The molecule has 2 rings (SSSR count). The summed E-state index contributed by atoms with van der Waals surface area (Å²) in [5.41, 5.74) is 0.684. The van der Waals surface area contributed by atoms with E-state index in [1.165, 1.54) is 42.5 Å². The Morgan fingerprint density at radius 1 is 0.800 bits per heavy atom. The first kappa shape index (κ1) is 14.0. The van der Waals surface area contributed by atoms with Gasteiger partial charge in [0.15, 0.2) is 11.5 Å². The van der Waals surface area contributed by atoms with Crippen molar-refractivity contribution in [1.82, 2.24) is 0 Å². The van der Waals surface area contributed by atoms with Crippen LogP contribution in [0.5, 0.6) is 11.5 Å². The highest BCUT2D eigenvalue weighted by molar-refractivity contribution is 7.85. The van der Waals surface area contributed by atoms with Gasteiger partial charge in [0.05, 0.1) is 16.3 Å². The molecule has 0 bridgehead atoms. The van der Waals surface area contributed by atoms with Crippen molar-refractivity contribution in [3.05, 3.63) is 42.5 Å². The molecule has 0 saturated carbocycles. The van der Waals surface area contributed by atoms with Crippen LogP contribution in [0.15, 0.2) is 57.6 Å². The Kier molecular flexibility index (Phi) is 3.68. The second kappa shape index (κ2) is 5.27. The van der Waals surface area contributed by atoms with Crippen LogP contribution < -0.4 is 0 Å². The van der Waals surface area contributed by atoms with Crippen molar-refractivity contribution in [2.24, 2.45) is 10.2 Å². The van der Waals surface area contributed by atoms with Crippen LogP contribution in [0.1, 0.15) is 0 Å². The number of phenols is 2. The fourth-order valence-corrected chi connectivity index (χ4v) is 1.85. The third kappa shape index (κ3) is 3.31. The normalized spacial score (nSPS) is 11.8. The molecule has 0 heterocycles. The van der Waals surface area contributed by atoms with Gasteiger partial charge in [-0.3, -0.25) is 4.55 Å². The molecule has 104 valence electrons. The van der Waals surface area contributed by atoms with E-state index in [4.69, 9.17) is 9.66 Å². The number of hydrogen-bond donors (Lipinski definition) is 3. The number of rotatable bonds is 3. The van der Waals surface area contributed by atoms with Crippen LogP contribution >= 0.6 is 0 Å². The van der Waals surface area contributed by atoms with Gasteiger partial charge in [0.1, 0.15) is 0 Å². The van der Waals surface area contributed by atoms with Gasteiger partial charge in [-0.25, -0.2) is 0 Å². The van der Waals surface area contributed by atoms with E-state index in [9.17, 15) is 13.5 Å². The summed E-state index contributed by atoms with van der Waals surface area (Å²) in [6.45, 7) is 0. The predicted molar refractivity (Wildman–Crippen MR) is 70.2 cm³/mol. The number of benzene rings is 2. The van der Waals surface area contributed by atoms with Gasteiger partial charge in [-0.15, -0.1) is 0 Å². The van der Waals surface area contributed by atoms with Crippen molar-refractivity contribution in [3.63, 3.8) is 0 Å². The Hall–Kier alpha value is -2.45. The minimum Gasteiger partial charge on any atom is -0.504 e. The summed E-state index contributed by atoms with van der Waals surface area (Å²) < 4.78 is 30.5. The molecular weight excluding hydrogens is 284 g/mol. The molecule has 0 aromatic heterocycles. The molecule has 2 aromatic carbocycles. The van der Waals surface area contributed by atoms with Gasteiger partial charge in [0.25, 0.3) is 10.1 Å². The number of azo groups is 1. The van der Waals surface area contributed by atoms with Gasteiger partial charge in [-0.1, -0.05) is 0 Å². The highest BCUT2D eigenvalue weighted by Crippen LogP contribution is 2.29. The molecule has 0 fully saturated rings. The molecule has 2 aromatic rings. The lowest BCUT2D eigenvalue weighted by molar-refractivity contribution is 0.404. The van der Waals surface area contributed by atoms with Crippen molar-refractivity contribution in [1.29, 1.82) is 0 Å². The quantitative estimate of drug-likeness (QED) is 0.456. The fraction of sp³-hybridized carbons (Fsp3) is 0. The summed E-state index contributed by atoms with van der Waals surface area (Å²) in [6.07, 6.45) is 0. The van der Waals surface area contributed by atoms with Gasteiger partial charge < -0.3 is 10.2 Å². The van der Waals surface area contributed by atoms with Gasteiger partial charge in [-0.2, -0.15) is 18.6 Å². The van der Waals surface area contributed by atoms with E-state index >= 15 is 0 Å². The lowest BCUT2D eigenvalue weighted by atomic mass is 10.3. The van der Waals surface area contributed by atoms with Crippen molar-refractivity contribution >= 4 is 21.5 Å². The van der Waals surface area contributed by atoms with E-state index in [2.05, 4.69) is 10.2 Å². The van der Waals surface area contributed by atoms with Crippen LogP contribution in [0.2, 0.25) is 0 Å². The highest BCUT2D eigenvalue weighted by Gasteiger charge is 2.08. The molecule has 8 heteroatoms. The molecule has 0 saturated heterocycles. The van der Waals surface area contributed by atoms with Gasteiger partial charge in [-0.05, 0) is 36.4 Å². The lowest BCUT2D eigenvalue weighted by Crippen LogP contribution is -1.96. The minimum absolute atomic E-state index is 0.237. The summed E-state index contributed by atoms with van der Waals surface area (Å²) in [5.74, 6) is -0.579. The minimum atomic E-state index is -4.23. The first-order valence-corrected chi connectivity index (χ1v) is 6.81. The van der Waals surface area contributed by atoms with Gasteiger partial charge in [0.2, 0.25) is 0 Å². The topological polar surface area (TPSA) is 120 Å². The Balaban J connectivity index is 2.21. The summed E-state index contributed by atoms with van der Waals surface area (Å²) in [7, 11) is -4.23. The average Bonchev–Trinajstić information content (AvgIpc) is 2.40. The molecule has 0 radical (unpaired) electrons. The maximum absolute atomic E-state index is 10.8. The zero-order chi connectivity index (χ0) is 14.8. The number of aromatic hydroxyl groups is 2. The van der Waals surface area contributed by atoms with E-state index in [0.717, 1.165) is 0 Å². The molecule has 0 atom stereocenters. The van der Waals surface area contributed by atoms with Crippen molar-refractivity contribution in [2.45, 2.75) is 4.90 Å². The van der Waals surface area contributed by atoms with Crippen molar-refractivity contribution in [2.75, 3.05) is 0 Å². The average molecular weight is 294 g/mol. The molecule has 0 unspecified atom stereocenters. The van der Waals surface area contributed by atoms with Crippen LogP contribution in [0.3, 0.4) is 0 Å². The maximum Gasteiger partial charge on any atom is 0.294 e. The third-order valence-electron chi connectivity index (χ3n) is 2.37. The van der Waals surface area contributed by atoms with Crippen molar-refractivity contribution < 1.29 is 23.2 Å². The van der Waals surface area contributed by atoms with Crippen molar-refractivity contribution in [3.8, 4) is 11.5 Å². The lowest BCUT2D eigenvalue weighted by Gasteiger charge is -1.98. The smallest absolute Gasteiger partial charge is 0.294 e. The molecule has 0 spiro atoms. The van der Waals surface area contributed by atoms with E-state index in [1.807, 2.05) is 0 Å². The molecular formula is C12H10N2O5S. The monoisotopic (exact) mass is 294 g/mol. The van der Waals surface area contributed by atoms with E-state index in [0.29, 0.717) is 11.4 Å². The first-order valence-electron chi connectivity index (χ1n) is 5.37. The Labute approximate surface area is 114 Å². The number of hydrogen-bond acceptors (Lipinski definition) is 6. The first-order chi connectivity index (χ1) is 9.36. The van der Waals surface area contributed by atoms with Crippen LogP contribution in [-0.2, 0) is 10.1 Å². The summed E-state index contributed by atoms with van der Waals surface area (Å²) in [5, 5.41) is 26.0. The third-order valence-corrected chi connectivity index (χ3v) is 3.24. The molecule has 7 nitrogen and oxygen atoms in total. The molecule has 0 aliphatic carbocycles. The molecule has 0 amide bonds. The molecule has 0 aliphatic heterocycles. The molecule has 20 heavy (non-hydrogen) atoms. The second-order valence-electron chi connectivity index (χ2n) is 3.84. The van der Waals surface area contributed by atoms with Crippen LogP contribution in [0.4, 0.5) is 11.4 Å². The van der Waals surface area contributed by atoms with Crippen LogP contribution in [0, 0.1) is 0 Å². The van der Waals surface area contributed by atoms with E-state index < -0.39 is 10.1 Å². The van der Waals surface area contributed by atoms with E-state index in [-0.39, 0.29) is 16.4 Å². The number of phenolic OH excluding ortho intramolecular Hbond substituents is 2. The number of nitrogens with zero attached hydrogens (tertiary/aromatic N) is 2. The molecule has 0 aliphatic rings. The van der Waals surface area contributed by atoms with E-state index in [1.54, 1.807) is 0 Å². The second-order valence-corrected chi connectivity index (χ2v) is 5.26. The van der Waals surface area contributed by atoms with Crippen LogP contribution in [-0.4, -0.2) is 23.2 Å². The zero-order valence-electron chi connectivity index (χ0n) is 10.0. The highest BCUT2D eigenvalue weighted by atomic mass is 32.2. The Morgan fingerprint density at radius 3 is 1.90 bits per heavy atom.